The molecule has 3 heterocycles. The van der Waals surface area contributed by atoms with Gasteiger partial charge in [0.2, 0.25) is 0 Å². The third-order valence-corrected chi connectivity index (χ3v) is 21.0. The number of aromatic nitrogens is 2. The van der Waals surface area contributed by atoms with Crippen LogP contribution in [0.15, 0.2) is 309 Å². The summed E-state index contributed by atoms with van der Waals surface area (Å²) in [4.78, 5) is 17.1. The molecule has 2 aliphatic rings. The zero-order valence-electron chi connectivity index (χ0n) is 61.3. The number of benzene rings is 13. The number of rotatable bonds is 11. The minimum Gasteiger partial charge on any atom is -0.311 e. The van der Waals surface area contributed by atoms with Crippen molar-refractivity contribution in [1.82, 2.24) is 9.97 Å². The third-order valence-electron chi connectivity index (χ3n) is 21.0. The molecule has 0 radical (unpaired) electrons. The minimum absolute atomic E-state index is 0.144. The van der Waals surface area contributed by atoms with Gasteiger partial charge < -0.3 is 9.80 Å². The fourth-order valence-corrected chi connectivity index (χ4v) is 15.1. The number of nitrogens with zero attached hydrogens (tertiary/aromatic N) is 4. The van der Waals surface area contributed by atoms with Gasteiger partial charge in [-0.15, -0.1) is 0 Å². The molecule has 0 N–H and O–H groups in total. The van der Waals surface area contributed by atoms with E-state index in [9.17, 15) is 0 Å². The van der Waals surface area contributed by atoms with Crippen LogP contribution in [0.3, 0.4) is 0 Å². The van der Waals surface area contributed by atoms with Gasteiger partial charge in [0.15, 0.2) is 5.82 Å². The fourth-order valence-electron chi connectivity index (χ4n) is 15.1. The molecular weight excluding hydrogens is 1240 g/mol. The molecule has 1 aromatic heterocycles. The highest BCUT2D eigenvalue weighted by atomic mass is 15.2. The van der Waals surface area contributed by atoms with E-state index in [1.165, 1.54) is 38.6 Å². The molecule has 0 unspecified atom stereocenters. The summed E-state index contributed by atoms with van der Waals surface area (Å²) in [7, 11) is 0. The van der Waals surface area contributed by atoms with Crippen LogP contribution in [0.2, 0.25) is 0 Å². The second kappa shape index (κ2) is 25.9. The van der Waals surface area contributed by atoms with E-state index in [-0.39, 0.29) is 28.4 Å². The van der Waals surface area contributed by atoms with Crippen LogP contribution < -0.4 is 26.2 Å². The van der Waals surface area contributed by atoms with Gasteiger partial charge in [-0.1, -0.05) is 301 Å². The van der Waals surface area contributed by atoms with Crippen LogP contribution in [0.4, 0.5) is 34.1 Å². The molecule has 0 saturated heterocycles. The van der Waals surface area contributed by atoms with Gasteiger partial charge >= 0.3 is 0 Å². The molecule has 13 aromatic carbocycles. The SMILES string of the molecule is CC(C)(C)c1cc(-c2cc(-c3cc(C(C)(C)C)cc(C(C)(C)C)c3)nc(-c3cc4c5c(c3)N(c3cc(-c6ccccc6)cc(-c6ccccc6)c3)c3ccc(-c6ccccc6)cc3B5c3cc(-c5ccccc5)ccc3N4c3cc(-c4ccccc4)cc(-c4ccccc4)c3)n2)cc(C(C)(C)C)c1. The van der Waals surface area contributed by atoms with Crippen molar-refractivity contribution in [3.63, 3.8) is 0 Å². The topological polar surface area (TPSA) is 32.3 Å². The van der Waals surface area contributed by atoms with Crippen LogP contribution in [-0.4, -0.2) is 16.7 Å². The molecule has 0 saturated carbocycles. The van der Waals surface area contributed by atoms with E-state index in [4.69, 9.17) is 9.97 Å². The maximum Gasteiger partial charge on any atom is 0.252 e. The summed E-state index contributed by atoms with van der Waals surface area (Å²) in [5.74, 6) is 0.640. The van der Waals surface area contributed by atoms with E-state index in [1.807, 2.05) is 0 Å². The van der Waals surface area contributed by atoms with Crippen LogP contribution in [0.5, 0.6) is 0 Å². The molecular formula is C98H87BN4. The average Bonchev–Trinajstić information content (AvgIpc) is 0.692. The Morgan fingerprint density at radius 3 is 0.786 bits per heavy atom. The summed E-state index contributed by atoms with van der Waals surface area (Å²) < 4.78 is 0. The zero-order valence-corrected chi connectivity index (χ0v) is 61.3. The van der Waals surface area contributed by atoms with E-state index >= 15 is 0 Å². The van der Waals surface area contributed by atoms with Crippen molar-refractivity contribution in [2.45, 2.75) is 105 Å². The Morgan fingerprint density at radius 2 is 0.505 bits per heavy atom. The molecule has 4 nitrogen and oxygen atoms in total. The van der Waals surface area contributed by atoms with Crippen LogP contribution in [-0.2, 0) is 21.7 Å². The molecule has 502 valence electrons. The van der Waals surface area contributed by atoms with Gasteiger partial charge in [0.05, 0.1) is 11.4 Å². The summed E-state index contributed by atoms with van der Waals surface area (Å²) in [6.45, 7) is 27.6. The lowest BCUT2D eigenvalue weighted by molar-refractivity contribution is 0.568. The lowest BCUT2D eigenvalue weighted by Gasteiger charge is -2.45. The summed E-state index contributed by atoms with van der Waals surface area (Å²) in [6.07, 6.45) is 0. The van der Waals surface area contributed by atoms with E-state index in [0.29, 0.717) is 5.82 Å². The maximum absolute atomic E-state index is 5.99. The number of hydrogen-bond acceptors (Lipinski definition) is 4. The Hall–Kier alpha value is -11.4. The van der Waals surface area contributed by atoms with Crippen LogP contribution in [0.25, 0.3) is 101 Å². The Morgan fingerprint density at radius 1 is 0.223 bits per heavy atom. The predicted octanol–water partition coefficient (Wildman–Crippen LogP) is 24.8. The van der Waals surface area contributed by atoms with Crippen LogP contribution in [0, 0.1) is 0 Å². The molecule has 14 aromatic rings. The number of hydrogen-bond donors (Lipinski definition) is 0. The average molecular weight is 1330 g/mol. The molecule has 0 aliphatic carbocycles. The second-order valence-electron chi connectivity index (χ2n) is 32.4. The summed E-state index contributed by atoms with van der Waals surface area (Å²) >= 11 is 0. The highest BCUT2D eigenvalue weighted by Gasteiger charge is 2.45. The fraction of sp³-hybridized carbons (Fsp3) is 0.163. The zero-order chi connectivity index (χ0) is 71.1. The molecule has 2 aliphatic heterocycles. The molecule has 0 fully saturated rings. The first-order valence-corrected chi connectivity index (χ1v) is 36.5. The molecule has 103 heavy (non-hydrogen) atoms. The van der Waals surface area contributed by atoms with Gasteiger partial charge in [-0.05, 0) is 218 Å². The van der Waals surface area contributed by atoms with Crippen LogP contribution >= 0.6 is 0 Å². The second-order valence-corrected chi connectivity index (χ2v) is 32.4. The van der Waals surface area contributed by atoms with Gasteiger partial charge in [-0.3, -0.25) is 0 Å². The van der Waals surface area contributed by atoms with Crippen molar-refractivity contribution in [1.29, 1.82) is 0 Å². The largest absolute Gasteiger partial charge is 0.311 e. The van der Waals surface area contributed by atoms with Crippen molar-refractivity contribution < 1.29 is 0 Å². The summed E-state index contributed by atoms with van der Waals surface area (Å²) in [6, 6.07) is 116. The molecule has 5 heteroatoms. The highest BCUT2D eigenvalue weighted by Crippen LogP contribution is 2.50. The Labute approximate surface area is 610 Å². The van der Waals surface area contributed by atoms with Crippen molar-refractivity contribution in [3.8, 4) is 101 Å². The van der Waals surface area contributed by atoms with E-state index in [0.717, 1.165) is 129 Å². The molecule has 0 amide bonds. The Bertz CT molecular complexity index is 5010. The molecule has 0 bridgehead atoms. The van der Waals surface area contributed by atoms with Gasteiger partial charge in [0, 0.05) is 50.8 Å². The quantitative estimate of drug-likeness (QED) is 0.121. The monoisotopic (exact) mass is 1330 g/mol. The van der Waals surface area contributed by atoms with E-state index < -0.39 is 0 Å². The molecule has 0 spiro atoms. The van der Waals surface area contributed by atoms with E-state index in [2.05, 4.69) is 402 Å². The first-order valence-electron chi connectivity index (χ1n) is 36.5. The van der Waals surface area contributed by atoms with E-state index in [1.54, 1.807) is 0 Å². The Balaban J connectivity index is 1.07. The standard InChI is InChI=1S/C98H87BN4/c1-95(2,3)79-49-76(50-80(61-79)96(4,5)6)87-63-88(77-51-81(97(7,8)9)62-82(52-77)98(10,11)12)101-94(100-87)78-59-91-93-92(60-78)103(84-55-74(68-39-27-17-28-40-68)48-75(56-84)69-41-29-18-30-42-69)90-46-44-71(65-33-21-14-22-34-65)58-86(90)99(93)85-57-70(64-31-19-13-20-32-64)43-45-89(85)102(91)83-53-72(66-35-23-15-24-36-66)47-73(54-83)67-37-25-16-26-38-67/h13-63H,1-12H3. The van der Waals surface area contributed by atoms with Crippen molar-refractivity contribution in [2.75, 3.05) is 9.80 Å². The first kappa shape index (κ1) is 66.2. The number of fused-ring (bicyclic) bond motifs is 4. The third kappa shape index (κ3) is 12.9. The molecule has 0 atom stereocenters. The normalized spacial score (nSPS) is 12.8. The lowest BCUT2D eigenvalue weighted by atomic mass is 9.33. The smallest absolute Gasteiger partial charge is 0.252 e. The van der Waals surface area contributed by atoms with Crippen LogP contribution in [0.1, 0.15) is 105 Å². The predicted molar refractivity (Wildman–Crippen MR) is 440 cm³/mol. The summed E-state index contributed by atoms with van der Waals surface area (Å²) in [5.41, 5.74) is 32.9. The Kier molecular flexibility index (Phi) is 16.6. The maximum atomic E-state index is 5.99. The van der Waals surface area contributed by atoms with Gasteiger partial charge in [0.25, 0.3) is 6.71 Å². The van der Waals surface area contributed by atoms with Crippen molar-refractivity contribution >= 4 is 57.2 Å². The summed E-state index contributed by atoms with van der Waals surface area (Å²) in [5, 5.41) is 0. The van der Waals surface area contributed by atoms with Gasteiger partial charge in [-0.2, -0.15) is 0 Å². The van der Waals surface area contributed by atoms with Gasteiger partial charge in [-0.25, -0.2) is 9.97 Å². The highest BCUT2D eigenvalue weighted by molar-refractivity contribution is 7.00. The minimum atomic E-state index is -0.254. The lowest BCUT2D eigenvalue weighted by Crippen LogP contribution is -2.61. The number of anilines is 6. The van der Waals surface area contributed by atoms with Crippen molar-refractivity contribution in [2.24, 2.45) is 0 Å². The van der Waals surface area contributed by atoms with Gasteiger partial charge in [0.1, 0.15) is 0 Å². The first-order chi connectivity index (χ1) is 49.5. The van der Waals surface area contributed by atoms with Crippen molar-refractivity contribution in [3.05, 3.63) is 332 Å². The molecule has 16 rings (SSSR count).